The first-order valence-corrected chi connectivity index (χ1v) is 4.36. The van der Waals surface area contributed by atoms with Gasteiger partial charge in [-0.25, -0.2) is 0 Å². The molecule has 1 nitrogen and oxygen atoms in total. The molecule has 0 amide bonds. The summed E-state index contributed by atoms with van der Waals surface area (Å²) in [6, 6.07) is 5.93. The molecule has 0 aliphatic carbocycles. The molecule has 13 heavy (non-hydrogen) atoms. The van der Waals surface area contributed by atoms with Crippen molar-refractivity contribution >= 4 is 6.08 Å². The maximum atomic E-state index is 9.10. The second-order valence-corrected chi connectivity index (χ2v) is 3.24. The lowest BCUT2D eigenvalue weighted by molar-refractivity contribution is 0.281. The highest BCUT2D eigenvalue weighted by Crippen LogP contribution is 2.22. The molecule has 1 aromatic carbocycles. The standard InChI is InChI=1S/C12H15O/c1-4-11-10(8-13)6-5-7-12(11)9(2)3/h4-7,13H,1,8H2,2-3H3. The Kier molecular flexibility index (Phi) is 3.26. The molecule has 1 rings (SSSR count). The fraction of sp³-hybridized carbons (Fsp3) is 0.250. The zero-order valence-corrected chi connectivity index (χ0v) is 8.17. The molecule has 0 aromatic heterocycles. The Morgan fingerprint density at radius 1 is 1.46 bits per heavy atom. The Morgan fingerprint density at radius 3 is 2.62 bits per heavy atom. The summed E-state index contributed by atoms with van der Waals surface area (Å²) in [6.07, 6.45) is 1.80. The molecule has 1 heteroatoms. The van der Waals surface area contributed by atoms with Gasteiger partial charge in [0, 0.05) is 0 Å². The lowest BCUT2D eigenvalue weighted by Crippen LogP contribution is -1.97. The fourth-order valence-electron chi connectivity index (χ4n) is 1.43. The van der Waals surface area contributed by atoms with E-state index in [2.05, 4.69) is 20.4 Å². The highest BCUT2D eigenvalue weighted by atomic mass is 16.3. The second-order valence-electron chi connectivity index (χ2n) is 3.24. The van der Waals surface area contributed by atoms with Crippen molar-refractivity contribution in [3.05, 3.63) is 47.4 Å². The first-order chi connectivity index (χ1) is 6.20. The minimum absolute atomic E-state index is 0.0719. The van der Waals surface area contributed by atoms with Crippen LogP contribution in [0, 0.1) is 5.92 Å². The number of rotatable bonds is 3. The predicted molar refractivity (Wildman–Crippen MR) is 56.1 cm³/mol. The summed E-state index contributed by atoms with van der Waals surface area (Å²) >= 11 is 0. The van der Waals surface area contributed by atoms with Crippen molar-refractivity contribution < 1.29 is 5.11 Å². The SMILES string of the molecule is C=Cc1c(CO)cccc1[C](C)C. The van der Waals surface area contributed by atoms with E-state index in [-0.39, 0.29) is 6.61 Å². The van der Waals surface area contributed by atoms with Crippen LogP contribution in [-0.2, 0) is 6.61 Å². The molecule has 1 aromatic rings. The number of benzene rings is 1. The van der Waals surface area contributed by atoms with Crippen LogP contribution >= 0.6 is 0 Å². The molecular formula is C12H15O. The van der Waals surface area contributed by atoms with Gasteiger partial charge in [0.1, 0.15) is 0 Å². The smallest absolute Gasteiger partial charge is 0.0687 e. The Hall–Kier alpha value is -1.08. The van der Waals surface area contributed by atoms with Crippen LogP contribution in [-0.4, -0.2) is 5.11 Å². The van der Waals surface area contributed by atoms with Crippen molar-refractivity contribution in [2.75, 3.05) is 0 Å². The molecule has 0 aliphatic heterocycles. The molecular weight excluding hydrogens is 160 g/mol. The molecule has 1 radical (unpaired) electrons. The van der Waals surface area contributed by atoms with Gasteiger partial charge in [0.15, 0.2) is 0 Å². The Balaban J connectivity index is 3.27. The zero-order valence-electron chi connectivity index (χ0n) is 8.17. The van der Waals surface area contributed by atoms with E-state index in [1.165, 1.54) is 11.5 Å². The summed E-state index contributed by atoms with van der Waals surface area (Å²) in [5, 5.41) is 9.10. The third-order valence-electron chi connectivity index (χ3n) is 2.11. The van der Waals surface area contributed by atoms with Crippen LogP contribution in [0.2, 0.25) is 0 Å². The lowest BCUT2D eigenvalue weighted by Gasteiger charge is -2.12. The molecule has 0 fully saturated rings. The summed E-state index contributed by atoms with van der Waals surface area (Å²) in [4.78, 5) is 0. The van der Waals surface area contributed by atoms with E-state index in [4.69, 9.17) is 5.11 Å². The Bertz CT molecular complexity index is 300. The topological polar surface area (TPSA) is 20.2 Å². The maximum absolute atomic E-state index is 9.10. The molecule has 0 bridgehead atoms. The molecule has 0 saturated carbocycles. The number of aliphatic hydroxyl groups excluding tert-OH is 1. The number of hydrogen-bond acceptors (Lipinski definition) is 1. The molecule has 1 N–H and O–H groups in total. The minimum Gasteiger partial charge on any atom is -0.392 e. The average molecular weight is 175 g/mol. The van der Waals surface area contributed by atoms with Gasteiger partial charge >= 0.3 is 0 Å². The van der Waals surface area contributed by atoms with Gasteiger partial charge < -0.3 is 5.11 Å². The van der Waals surface area contributed by atoms with E-state index in [0.29, 0.717) is 0 Å². The summed E-state index contributed by atoms with van der Waals surface area (Å²) < 4.78 is 0. The van der Waals surface area contributed by atoms with Crippen molar-refractivity contribution in [3.8, 4) is 0 Å². The highest BCUT2D eigenvalue weighted by molar-refractivity contribution is 5.59. The maximum Gasteiger partial charge on any atom is 0.0687 e. The minimum atomic E-state index is 0.0719. The Labute approximate surface area is 79.7 Å². The van der Waals surface area contributed by atoms with Gasteiger partial charge in [-0.15, -0.1) is 0 Å². The van der Waals surface area contributed by atoms with E-state index in [1.807, 2.05) is 18.2 Å². The predicted octanol–water partition coefficient (Wildman–Crippen LogP) is 2.78. The van der Waals surface area contributed by atoms with Gasteiger partial charge in [-0.1, -0.05) is 44.7 Å². The molecule has 69 valence electrons. The van der Waals surface area contributed by atoms with Crippen molar-refractivity contribution in [3.63, 3.8) is 0 Å². The van der Waals surface area contributed by atoms with Crippen LogP contribution in [0.1, 0.15) is 30.5 Å². The van der Waals surface area contributed by atoms with E-state index in [9.17, 15) is 0 Å². The van der Waals surface area contributed by atoms with Gasteiger partial charge in [0.25, 0.3) is 0 Å². The van der Waals surface area contributed by atoms with Crippen LogP contribution in [0.5, 0.6) is 0 Å². The average Bonchev–Trinajstić information content (AvgIpc) is 2.16. The number of aliphatic hydroxyl groups is 1. The first-order valence-electron chi connectivity index (χ1n) is 4.36. The van der Waals surface area contributed by atoms with Crippen LogP contribution < -0.4 is 0 Å². The number of hydrogen-bond donors (Lipinski definition) is 1. The van der Waals surface area contributed by atoms with Crippen LogP contribution in [0.15, 0.2) is 24.8 Å². The monoisotopic (exact) mass is 175 g/mol. The van der Waals surface area contributed by atoms with Crippen LogP contribution in [0.25, 0.3) is 6.08 Å². The van der Waals surface area contributed by atoms with Crippen molar-refractivity contribution in [1.29, 1.82) is 0 Å². The molecule has 0 spiro atoms. The van der Waals surface area contributed by atoms with E-state index in [0.717, 1.165) is 11.1 Å². The Morgan fingerprint density at radius 2 is 2.15 bits per heavy atom. The summed E-state index contributed by atoms with van der Waals surface area (Å²) in [7, 11) is 0. The van der Waals surface area contributed by atoms with E-state index in [1.54, 1.807) is 6.08 Å². The third kappa shape index (κ3) is 1.99. The summed E-state index contributed by atoms with van der Waals surface area (Å²) in [5.74, 6) is 1.24. The summed E-state index contributed by atoms with van der Waals surface area (Å²) in [6.45, 7) is 7.95. The molecule has 0 atom stereocenters. The fourth-order valence-corrected chi connectivity index (χ4v) is 1.43. The van der Waals surface area contributed by atoms with E-state index < -0.39 is 0 Å². The normalized spacial score (nSPS) is 10.5. The molecule has 0 heterocycles. The van der Waals surface area contributed by atoms with Gasteiger partial charge in [0.05, 0.1) is 6.61 Å². The van der Waals surface area contributed by atoms with E-state index >= 15 is 0 Å². The van der Waals surface area contributed by atoms with Crippen molar-refractivity contribution in [1.82, 2.24) is 0 Å². The molecule has 0 aliphatic rings. The summed E-state index contributed by atoms with van der Waals surface area (Å²) in [5.41, 5.74) is 3.15. The quantitative estimate of drug-likeness (QED) is 0.749. The van der Waals surface area contributed by atoms with Crippen LogP contribution in [0.3, 0.4) is 0 Å². The van der Waals surface area contributed by atoms with Crippen LogP contribution in [0.4, 0.5) is 0 Å². The van der Waals surface area contributed by atoms with Gasteiger partial charge in [-0.05, 0) is 22.6 Å². The second kappa shape index (κ2) is 4.24. The van der Waals surface area contributed by atoms with Gasteiger partial charge in [-0.2, -0.15) is 0 Å². The van der Waals surface area contributed by atoms with Gasteiger partial charge in [-0.3, -0.25) is 0 Å². The van der Waals surface area contributed by atoms with Crippen molar-refractivity contribution in [2.45, 2.75) is 20.5 Å². The zero-order chi connectivity index (χ0) is 9.84. The highest BCUT2D eigenvalue weighted by Gasteiger charge is 2.07. The largest absolute Gasteiger partial charge is 0.392 e. The molecule has 0 saturated heterocycles. The first kappa shape index (κ1) is 10.0. The third-order valence-corrected chi connectivity index (χ3v) is 2.11. The molecule has 0 unspecified atom stereocenters. The van der Waals surface area contributed by atoms with Gasteiger partial charge in [0.2, 0.25) is 0 Å². The lowest BCUT2D eigenvalue weighted by atomic mass is 9.93. The van der Waals surface area contributed by atoms with Crippen molar-refractivity contribution in [2.24, 2.45) is 0 Å².